The third-order valence-electron chi connectivity index (χ3n) is 3.91. The van der Waals surface area contributed by atoms with Gasteiger partial charge in [-0.2, -0.15) is 16.9 Å². The Kier molecular flexibility index (Phi) is 5.88. The van der Waals surface area contributed by atoms with Gasteiger partial charge in [0.25, 0.3) is 0 Å². The fourth-order valence-corrected chi connectivity index (χ4v) is 3.45. The molecule has 1 fully saturated rings. The van der Waals surface area contributed by atoms with E-state index in [0.29, 0.717) is 18.7 Å². The van der Waals surface area contributed by atoms with E-state index in [4.69, 9.17) is 4.74 Å². The first kappa shape index (κ1) is 16.9. The van der Waals surface area contributed by atoms with Crippen molar-refractivity contribution in [1.29, 1.82) is 0 Å². The maximum atomic E-state index is 12.4. The second kappa shape index (κ2) is 7.67. The largest absolute Gasteiger partial charge is 0.462 e. The molecular formula is C15H23N3O3S. The van der Waals surface area contributed by atoms with Gasteiger partial charge in [-0.05, 0) is 19.6 Å². The van der Waals surface area contributed by atoms with Crippen LogP contribution in [0, 0.1) is 5.92 Å². The first-order chi connectivity index (χ1) is 10.6. The highest BCUT2D eigenvalue weighted by Crippen LogP contribution is 2.29. The van der Waals surface area contributed by atoms with Gasteiger partial charge in [-0.1, -0.05) is 6.92 Å². The van der Waals surface area contributed by atoms with Crippen molar-refractivity contribution in [3.63, 3.8) is 0 Å². The van der Waals surface area contributed by atoms with Gasteiger partial charge in [-0.15, -0.1) is 0 Å². The van der Waals surface area contributed by atoms with E-state index in [2.05, 4.69) is 10.2 Å². The van der Waals surface area contributed by atoms with E-state index < -0.39 is 0 Å². The molecule has 6 nitrogen and oxygen atoms in total. The molecule has 2 heterocycles. The molecule has 0 aromatic carbocycles. The van der Waals surface area contributed by atoms with Gasteiger partial charge in [0, 0.05) is 30.7 Å². The molecule has 1 aliphatic rings. The van der Waals surface area contributed by atoms with Crippen molar-refractivity contribution >= 4 is 23.6 Å². The van der Waals surface area contributed by atoms with Crippen LogP contribution in [0.1, 0.15) is 42.2 Å². The van der Waals surface area contributed by atoms with Crippen LogP contribution < -0.4 is 0 Å². The molecule has 2 rings (SSSR count). The van der Waals surface area contributed by atoms with Gasteiger partial charge in [0.1, 0.15) is 5.56 Å². The van der Waals surface area contributed by atoms with Gasteiger partial charge < -0.3 is 9.64 Å². The number of hydrogen-bond donors (Lipinski definition) is 1. The molecule has 0 aliphatic carbocycles. The molecular weight excluding hydrogens is 302 g/mol. The number of ether oxygens (including phenoxy) is 1. The quantitative estimate of drug-likeness (QED) is 0.809. The number of hydrogen-bond acceptors (Lipinski definition) is 5. The lowest BCUT2D eigenvalue weighted by Crippen LogP contribution is -2.34. The molecule has 2 atom stereocenters. The van der Waals surface area contributed by atoms with E-state index in [0.717, 1.165) is 24.4 Å². The molecule has 122 valence electrons. The van der Waals surface area contributed by atoms with Crippen LogP contribution in [0.15, 0.2) is 6.20 Å². The van der Waals surface area contributed by atoms with E-state index >= 15 is 0 Å². The molecule has 0 saturated carbocycles. The zero-order valence-corrected chi connectivity index (χ0v) is 14.1. The summed E-state index contributed by atoms with van der Waals surface area (Å²) < 4.78 is 5.05. The predicted molar refractivity (Wildman–Crippen MR) is 86.0 cm³/mol. The highest BCUT2D eigenvalue weighted by Gasteiger charge is 2.32. The van der Waals surface area contributed by atoms with Crippen molar-refractivity contribution < 1.29 is 14.3 Å². The summed E-state index contributed by atoms with van der Waals surface area (Å²) in [6.07, 6.45) is 4.35. The van der Waals surface area contributed by atoms with E-state index in [1.807, 2.05) is 18.1 Å². The smallest absolute Gasteiger partial charge is 0.341 e. The summed E-state index contributed by atoms with van der Waals surface area (Å²) in [5.41, 5.74) is 1.27. The maximum absolute atomic E-state index is 12.4. The van der Waals surface area contributed by atoms with Gasteiger partial charge in [0.15, 0.2) is 0 Å². The van der Waals surface area contributed by atoms with Gasteiger partial charge in [0.05, 0.1) is 18.5 Å². The summed E-state index contributed by atoms with van der Waals surface area (Å²) in [6.45, 7) is 5.44. The Balaban J connectivity index is 2.03. The molecule has 1 N–H and O–H groups in total. The zero-order chi connectivity index (χ0) is 16.1. The number of aromatic amines is 1. The molecule has 2 unspecified atom stereocenters. The van der Waals surface area contributed by atoms with E-state index in [1.165, 1.54) is 6.20 Å². The summed E-state index contributed by atoms with van der Waals surface area (Å²) >= 11 is 1.68. The van der Waals surface area contributed by atoms with Crippen LogP contribution in [0.3, 0.4) is 0 Å². The lowest BCUT2D eigenvalue weighted by atomic mass is 10.0. The molecule has 1 saturated heterocycles. The second-order valence-corrected chi connectivity index (χ2v) is 6.45. The first-order valence-corrected chi connectivity index (χ1v) is 8.95. The number of likely N-dealkylation sites (tertiary alicyclic amines) is 1. The molecule has 1 aromatic rings. The number of nitrogens with one attached hydrogen (secondary N) is 1. The number of amides is 1. The highest BCUT2D eigenvalue weighted by molar-refractivity contribution is 7.98. The van der Waals surface area contributed by atoms with E-state index in [9.17, 15) is 9.59 Å². The normalized spacial score (nSPS) is 19.2. The van der Waals surface area contributed by atoms with Crippen molar-refractivity contribution in [3.05, 3.63) is 17.5 Å². The fraction of sp³-hybridized carbons (Fsp3) is 0.667. The molecule has 7 heteroatoms. The van der Waals surface area contributed by atoms with E-state index in [1.54, 1.807) is 18.7 Å². The highest BCUT2D eigenvalue weighted by atomic mass is 32.2. The van der Waals surface area contributed by atoms with Crippen molar-refractivity contribution in [2.24, 2.45) is 5.92 Å². The predicted octanol–water partition coefficient (Wildman–Crippen LogP) is 1.90. The first-order valence-electron chi connectivity index (χ1n) is 7.56. The Hall–Kier alpha value is -1.50. The summed E-state index contributed by atoms with van der Waals surface area (Å²) in [5.74, 6) is 0.811. The number of H-pyrrole nitrogens is 1. The fourth-order valence-electron chi connectivity index (χ4n) is 2.81. The van der Waals surface area contributed by atoms with Crippen molar-refractivity contribution in [1.82, 2.24) is 15.1 Å². The second-order valence-electron chi connectivity index (χ2n) is 5.54. The van der Waals surface area contributed by atoms with Gasteiger partial charge in [-0.3, -0.25) is 9.89 Å². The summed E-state index contributed by atoms with van der Waals surface area (Å²) in [7, 11) is 0. The summed E-state index contributed by atoms with van der Waals surface area (Å²) in [5, 5.41) is 6.88. The molecule has 0 bridgehead atoms. The van der Waals surface area contributed by atoms with Crippen LogP contribution in [0.5, 0.6) is 0 Å². The lowest BCUT2D eigenvalue weighted by Gasteiger charge is -2.20. The topological polar surface area (TPSA) is 75.3 Å². The molecule has 0 spiro atoms. The average Bonchev–Trinajstić information content (AvgIpc) is 3.15. The maximum Gasteiger partial charge on any atom is 0.341 e. The third-order valence-corrected chi connectivity index (χ3v) is 4.74. The Morgan fingerprint density at radius 3 is 3.05 bits per heavy atom. The Labute approximate surface area is 135 Å². The number of carbonyl (C=O) groups is 2. The van der Waals surface area contributed by atoms with Crippen LogP contribution in [-0.4, -0.2) is 58.7 Å². The van der Waals surface area contributed by atoms with Gasteiger partial charge >= 0.3 is 5.97 Å². The molecule has 22 heavy (non-hydrogen) atoms. The number of nitrogens with zero attached hydrogens (tertiary/aromatic N) is 2. The Morgan fingerprint density at radius 2 is 2.36 bits per heavy atom. The van der Waals surface area contributed by atoms with Gasteiger partial charge in [0.2, 0.25) is 5.91 Å². The molecule has 1 amide bonds. The van der Waals surface area contributed by atoms with Crippen LogP contribution in [0.2, 0.25) is 0 Å². The monoisotopic (exact) mass is 325 g/mol. The molecule has 1 aromatic heterocycles. The standard InChI is InChI=1S/C15H23N3O3S/c1-4-21-15(20)12-7-16-17-13(12)11-5-6-18(8-11)14(19)10(2)9-22-3/h7,10-11H,4-6,8-9H2,1-3H3,(H,16,17). The summed E-state index contributed by atoms with van der Waals surface area (Å²) in [6, 6.07) is 0. The Morgan fingerprint density at radius 1 is 1.59 bits per heavy atom. The molecule has 0 radical (unpaired) electrons. The number of rotatable bonds is 6. The number of thioether (sulfide) groups is 1. The number of aromatic nitrogens is 2. The van der Waals surface area contributed by atoms with Gasteiger partial charge in [-0.25, -0.2) is 4.79 Å². The zero-order valence-electron chi connectivity index (χ0n) is 13.3. The van der Waals surface area contributed by atoms with Crippen LogP contribution in [0.25, 0.3) is 0 Å². The SMILES string of the molecule is CCOC(=O)c1cn[nH]c1C1CCN(C(=O)C(C)CSC)C1. The van der Waals surface area contributed by atoms with Crippen molar-refractivity contribution in [2.75, 3.05) is 31.7 Å². The number of esters is 1. The summed E-state index contributed by atoms with van der Waals surface area (Å²) in [4.78, 5) is 26.2. The van der Waals surface area contributed by atoms with Crippen LogP contribution >= 0.6 is 11.8 Å². The lowest BCUT2D eigenvalue weighted by molar-refractivity contribution is -0.133. The van der Waals surface area contributed by atoms with Crippen molar-refractivity contribution in [3.8, 4) is 0 Å². The molecule has 1 aliphatic heterocycles. The Bertz CT molecular complexity index is 532. The third kappa shape index (κ3) is 3.63. The van der Waals surface area contributed by atoms with Crippen molar-refractivity contribution in [2.45, 2.75) is 26.2 Å². The average molecular weight is 325 g/mol. The van der Waals surface area contributed by atoms with Crippen LogP contribution in [-0.2, 0) is 9.53 Å². The van der Waals surface area contributed by atoms with E-state index in [-0.39, 0.29) is 23.7 Å². The number of carbonyl (C=O) groups excluding carboxylic acids is 2. The minimum Gasteiger partial charge on any atom is -0.462 e. The minimum atomic E-state index is -0.355. The van der Waals surface area contributed by atoms with Crippen LogP contribution in [0.4, 0.5) is 0 Å². The minimum absolute atomic E-state index is 0.0278.